The quantitative estimate of drug-likeness (QED) is 0.613. The van der Waals surface area contributed by atoms with E-state index in [1.54, 1.807) is 24.1 Å². The molecule has 0 atom stereocenters. The second-order valence-electron chi connectivity index (χ2n) is 5.41. The molecule has 0 unspecified atom stereocenters. The molecule has 74 valence electrons. The molecular weight excluding hydrogens is 261 g/mol. The molecule has 0 bridgehead atoms. The van der Waals surface area contributed by atoms with Gasteiger partial charge >= 0.3 is 91.0 Å². The normalized spacial score (nSPS) is 14.6. The number of rotatable bonds is 0. The summed E-state index contributed by atoms with van der Waals surface area (Å²) in [6.45, 7) is 14.1. The van der Waals surface area contributed by atoms with Crippen molar-refractivity contribution in [1.29, 1.82) is 0 Å². The number of hydrogen-bond acceptors (Lipinski definition) is 0. The van der Waals surface area contributed by atoms with Gasteiger partial charge in [0, 0.05) is 0 Å². The molecule has 0 aliphatic rings. The van der Waals surface area contributed by atoms with E-state index >= 15 is 0 Å². The molecule has 0 fully saturated rings. The van der Waals surface area contributed by atoms with Gasteiger partial charge < -0.3 is 0 Å². The van der Waals surface area contributed by atoms with Gasteiger partial charge in [-0.15, -0.1) is 0 Å². The van der Waals surface area contributed by atoms with Gasteiger partial charge in [-0.25, -0.2) is 0 Å². The average Bonchev–Trinajstić information content (AvgIpc) is 2.28. The minimum atomic E-state index is 0.432. The summed E-state index contributed by atoms with van der Waals surface area (Å²) in [6, 6.07) is 0. The van der Waals surface area contributed by atoms with E-state index < -0.39 is 0 Å². The SMILES string of the molecule is CC(C)(C)c1ppc(C(C)(C)C)[se]1. The van der Waals surface area contributed by atoms with Crippen LogP contribution in [0, 0.1) is 0 Å². The summed E-state index contributed by atoms with van der Waals surface area (Å²) in [5, 5.41) is 0. The fourth-order valence-electron chi connectivity index (χ4n) is 0.829. The summed E-state index contributed by atoms with van der Waals surface area (Å²) >= 11 is 0.680. The molecule has 0 saturated heterocycles. The molecule has 0 N–H and O–H groups in total. The Morgan fingerprint density at radius 3 is 1.23 bits per heavy atom. The molecule has 0 aliphatic carbocycles. The maximum atomic E-state index is 2.35. The first kappa shape index (κ1) is 11.9. The van der Waals surface area contributed by atoms with Crippen molar-refractivity contribution in [2.45, 2.75) is 52.4 Å². The van der Waals surface area contributed by atoms with Crippen LogP contribution in [0.4, 0.5) is 0 Å². The molecule has 1 heterocycles. The zero-order valence-electron chi connectivity index (χ0n) is 9.30. The standard InChI is InChI=1S/C10H18P2Se/c1-9(2,3)7-11-12-8(13-7)10(4,5)6/h1-6H3. The molecule has 1 aromatic heterocycles. The van der Waals surface area contributed by atoms with Crippen molar-refractivity contribution in [2.75, 3.05) is 0 Å². The zero-order valence-corrected chi connectivity index (χ0v) is 12.8. The summed E-state index contributed by atoms with van der Waals surface area (Å²) < 4.78 is 3.54. The first-order valence-corrected chi connectivity index (χ1v) is 8.76. The van der Waals surface area contributed by atoms with E-state index in [0.29, 0.717) is 25.3 Å². The summed E-state index contributed by atoms with van der Waals surface area (Å²) in [5.74, 6) is 0. The zero-order chi connectivity index (χ0) is 10.3. The summed E-state index contributed by atoms with van der Waals surface area (Å²) in [7, 11) is 3.15. The molecule has 0 radical (unpaired) electrons. The third kappa shape index (κ3) is 3.17. The first-order valence-electron chi connectivity index (χ1n) is 4.56. The third-order valence-corrected chi connectivity index (χ3v) is 12.3. The van der Waals surface area contributed by atoms with Crippen LogP contribution in [-0.2, 0) is 10.8 Å². The monoisotopic (exact) mass is 280 g/mol. The van der Waals surface area contributed by atoms with Crippen molar-refractivity contribution in [3.8, 4) is 0 Å². The van der Waals surface area contributed by atoms with Crippen LogP contribution in [0.1, 0.15) is 49.9 Å². The second-order valence-corrected chi connectivity index (χ2v) is 11.4. The van der Waals surface area contributed by atoms with Crippen LogP contribution in [0.2, 0.25) is 0 Å². The van der Waals surface area contributed by atoms with Crippen molar-refractivity contribution in [3.05, 3.63) is 8.34 Å². The van der Waals surface area contributed by atoms with Crippen molar-refractivity contribution >= 4 is 30.2 Å². The van der Waals surface area contributed by atoms with Crippen molar-refractivity contribution < 1.29 is 0 Å². The molecule has 1 aromatic rings. The van der Waals surface area contributed by atoms with Gasteiger partial charge in [0.25, 0.3) is 0 Å². The van der Waals surface area contributed by atoms with E-state index in [9.17, 15) is 0 Å². The van der Waals surface area contributed by atoms with Gasteiger partial charge in [0.15, 0.2) is 0 Å². The van der Waals surface area contributed by atoms with Crippen molar-refractivity contribution in [1.82, 2.24) is 0 Å². The van der Waals surface area contributed by atoms with Crippen LogP contribution in [0.5, 0.6) is 0 Å². The van der Waals surface area contributed by atoms with E-state index in [0.717, 1.165) is 0 Å². The Morgan fingerprint density at radius 2 is 1.08 bits per heavy atom. The van der Waals surface area contributed by atoms with Gasteiger partial charge in [0.05, 0.1) is 0 Å². The fraction of sp³-hybridized carbons (Fsp3) is 0.800. The van der Waals surface area contributed by atoms with Gasteiger partial charge in [-0.3, -0.25) is 0 Å². The van der Waals surface area contributed by atoms with Gasteiger partial charge in [-0.05, 0) is 0 Å². The molecule has 0 aliphatic heterocycles. The Balaban J connectivity index is 3.01. The topological polar surface area (TPSA) is 0 Å². The van der Waals surface area contributed by atoms with E-state index in [1.807, 2.05) is 0 Å². The molecule has 0 saturated carbocycles. The minimum absolute atomic E-state index is 0.432. The van der Waals surface area contributed by atoms with Crippen LogP contribution in [-0.4, -0.2) is 14.5 Å². The van der Waals surface area contributed by atoms with Crippen molar-refractivity contribution in [2.24, 2.45) is 0 Å². The Bertz CT molecular complexity index is 260. The molecule has 3 heteroatoms. The number of hydrogen-bond donors (Lipinski definition) is 0. The second kappa shape index (κ2) is 3.79. The first-order chi connectivity index (χ1) is 5.71. The molecule has 0 amide bonds. The Hall–Kier alpha value is 0.859. The van der Waals surface area contributed by atoms with Crippen LogP contribution in [0.25, 0.3) is 0 Å². The average molecular weight is 279 g/mol. The van der Waals surface area contributed by atoms with Crippen molar-refractivity contribution in [3.63, 3.8) is 0 Å². The summed E-state index contributed by atoms with van der Waals surface area (Å²) in [5.41, 5.74) is 0.864. The van der Waals surface area contributed by atoms with E-state index in [-0.39, 0.29) is 0 Å². The van der Waals surface area contributed by atoms with Gasteiger partial charge in [-0.2, -0.15) is 0 Å². The maximum absolute atomic E-state index is 2.35. The van der Waals surface area contributed by atoms with Crippen LogP contribution in [0.15, 0.2) is 0 Å². The Kier molecular flexibility index (Phi) is 3.47. The summed E-state index contributed by atoms with van der Waals surface area (Å²) in [6.07, 6.45) is 0. The molecule has 0 nitrogen and oxygen atoms in total. The van der Waals surface area contributed by atoms with E-state index in [4.69, 9.17) is 0 Å². The fourth-order valence-corrected chi connectivity index (χ4v) is 10.4. The molecule has 1 rings (SSSR count). The molecular formula is C10H18P2Se. The van der Waals surface area contributed by atoms with E-state index in [2.05, 4.69) is 41.5 Å². The van der Waals surface area contributed by atoms with E-state index in [1.165, 1.54) is 0 Å². The van der Waals surface area contributed by atoms with Crippen LogP contribution >= 0.6 is 15.7 Å². The van der Waals surface area contributed by atoms with Gasteiger partial charge in [0.1, 0.15) is 0 Å². The third-order valence-electron chi connectivity index (χ3n) is 1.71. The summed E-state index contributed by atoms with van der Waals surface area (Å²) in [4.78, 5) is 0. The molecule has 0 spiro atoms. The molecule has 0 aromatic carbocycles. The predicted octanol–water partition coefficient (Wildman–Crippen LogP) is 4.50. The van der Waals surface area contributed by atoms with Gasteiger partial charge in [0.2, 0.25) is 0 Å². The van der Waals surface area contributed by atoms with Gasteiger partial charge in [-0.1, -0.05) is 0 Å². The van der Waals surface area contributed by atoms with Crippen LogP contribution < -0.4 is 0 Å². The van der Waals surface area contributed by atoms with Crippen LogP contribution in [0.3, 0.4) is 0 Å². The Morgan fingerprint density at radius 1 is 0.769 bits per heavy atom. The Labute approximate surface area is 91.0 Å². The predicted molar refractivity (Wildman–Crippen MR) is 65.8 cm³/mol. The molecule has 13 heavy (non-hydrogen) atoms.